The highest BCUT2D eigenvalue weighted by Crippen LogP contribution is 2.23. The SMILES string of the molecule is Cc1cc(Cl)ccc1OC(C)C(=O)N(C)CC(=O)Nc1c(C)cccc1C. The second-order valence-electron chi connectivity index (χ2n) is 6.68. The highest BCUT2D eigenvalue weighted by atomic mass is 35.5. The van der Waals surface area contributed by atoms with Crippen molar-refractivity contribution >= 4 is 29.1 Å². The molecule has 0 saturated carbocycles. The van der Waals surface area contributed by atoms with Crippen LogP contribution in [-0.4, -0.2) is 36.4 Å². The Balaban J connectivity index is 1.96. The fourth-order valence-corrected chi connectivity index (χ4v) is 3.01. The number of hydrogen-bond donors (Lipinski definition) is 1. The van der Waals surface area contributed by atoms with Crippen LogP contribution in [0.1, 0.15) is 23.6 Å². The van der Waals surface area contributed by atoms with Crippen LogP contribution in [0.4, 0.5) is 5.69 Å². The highest BCUT2D eigenvalue weighted by Gasteiger charge is 2.22. The minimum Gasteiger partial charge on any atom is -0.481 e. The molecule has 0 fully saturated rings. The van der Waals surface area contributed by atoms with E-state index in [4.69, 9.17) is 16.3 Å². The number of ether oxygens (including phenoxy) is 1. The molecule has 1 N–H and O–H groups in total. The van der Waals surface area contributed by atoms with E-state index in [9.17, 15) is 9.59 Å². The van der Waals surface area contributed by atoms with Crippen molar-refractivity contribution in [3.05, 3.63) is 58.1 Å². The number of carbonyl (C=O) groups excluding carboxylic acids is 2. The van der Waals surface area contributed by atoms with Crippen LogP contribution in [0.15, 0.2) is 36.4 Å². The average molecular weight is 389 g/mol. The minimum absolute atomic E-state index is 0.0556. The largest absolute Gasteiger partial charge is 0.481 e. The van der Waals surface area contributed by atoms with Gasteiger partial charge >= 0.3 is 0 Å². The lowest BCUT2D eigenvalue weighted by molar-refractivity contribution is -0.139. The molecule has 6 heteroatoms. The maximum Gasteiger partial charge on any atom is 0.263 e. The van der Waals surface area contributed by atoms with Gasteiger partial charge in [-0.05, 0) is 62.6 Å². The van der Waals surface area contributed by atoms with Gasteiger partial charge in [-0.3, -0.25) is 9.59 Å². The topological polar surface area (TPSA) is 58.6 Å². The lowest BCUT2D eigenvalue weighted by Crippen LogP contribution is -2.42. The van der Waals surface area contributed by atoms with E-state index in [0.717, 1.165) is 22.4 Å². The normalized spacial score (nSPS) is 11.6. The number of aryl methyl sites for hydroxylation is 3. The highest BCUT2D eigenvalue weighted by molar-refractivity contribution is 6.30. The van der Waals surface area contributed by atoms with Crippen molar-refractivity contribution in [3.8, 4) is 5.75 Å². The molecule has 0 saturated heterocycles. The lowest BCUT2D eigenvalue weighted by Gasteiger charge is -2.23. The van der Waals surface area contributed by atoms with Crippen LogP contribution in [-0.2, 0) is 9.59 Å². The van der Waals surface area contributed by atoms with E-state index in [2.05, 4.69) is 5.32 Å². The van der Waals surface area contributed by atoms with Crippen LogP contribution >= 0.6 is 11.6 Å². The number of benzene rings is 2. The van der Waals surface area contributed by atoms with Crippen LogP contribution in [0, 0.1) is 20.8 Å². The molecular formula is C21H25ClN2O3. The molecule has 0 radical (unpaired) electrons. The summed E-state index contributed by atoms with van der Waals surface area (Å²) in [5.41, 5.74) is 3.58. The second-order valence-corrected chi connectivity index (χ2v) is 7.12. The van der Waals surface area contributed by atoms with Crippen LogP contribution in [0.3, 0.4) is 0 Å². The summed E-state index contributed by atoms with van der Waals surface area (Å²) in [6.45, 7) is 7.33. The summed E-state index contributed by atoms with van der Waals surface area (Å²) in [6.07, 6.45) is -0.720. The number of carbonyl (C=O) groups is 2. The number of likely N-dealkylation sites (N-methyl/N-ethyl adjacent to an activating group) is 1. The number of nitrogens with one attached hydrogen (secondary N) is 1. The number of amides is 2. The fourth-order valence-electron chi connectivity index (χ4n) is 2.78. The van der Waals surface area contributed by atoms with E-state index in [1.54, 1.807) is 32.2 Å². The van der Waals surface area contributed by atoms with Gasteiger partial charge in [0.25, 0.3) is 5.91 Å². The van der Waals surface area contributed by atoms with Crippen molar-refractivity contribution in [1.82, 2.24) is 4.90 Å². The Morgan fingerprint density at radius 2 is 1.74 bits per heavy atom. The summed E-state index contributed by atoms with van der Waals surface area (Å²) in [4.78, 5) is 26.2. The molecule has 144 valence electrons. The molecular weight excluding hydrogens is 364 g/mol. The van der Waals surface area contributed by atoms with E-state index in [-0.39, 0.29) is 18.4 Å². The molecule has 0 aromatic heterocycles. The first-order valence-corrected chi connectivity index (χ1v) is 9.10. The number of para-hydroxylation sites is 1. The summed E-state index contributed by atoms with van der Waals surface area (Å²) in [7, 11) is 1.58. The van der Waals surface area contributed by atoms with Crippen molar-refractivity contribution in [1.29, 1.82) is 0 Å². The predicted molar refractivity (Wildman–Crippen MR) is 108 cm³/mol. The first kappa shape index (κ1) is 20.8. The molecule has 2 rings (SSSR count). The van der Waals surface area contributed by atoms with E-state index >= 15 is 0 Å². The van der Waals surface area contributed by atoms with Crippen molar-refractivity contribution in [2.75, 3.05) is 18.9 Å². The van der Waals surface area contributed by atoms with E-state index < -0.39 is 6.10 Å². The molecule has 0 spiro atoms. The van der Waals surface area contributed by atoms with Gasteiger partial charge < -0.3 is 15.0 Å². The van der Waals surface area contributed by atoms with Crippen LogP contribution in [0.2, 0.25) is 5.02 Å². The Hall–Kier alpha value is -2.53. The monoisotopic (exact) mass is 388 g/mol. The third-order valence-electron chi connectivity index (χ3n) is 4.29. The van der Waals surface area contributed by atoms with Gasteiger partial charge in [0.2, 0.25) is 5.91 Å². The van der Waals surface area contributed by atoms with E-state index in [0.29, 0.717) is 10.8 Å². The lowest BCUT2D eigenvalue weighted by atomic mass is 10.1. The van der Waals surface area contributed by atoms with Gasteiger partial charge in [-0.25, -0.2) is 0 Å². The Morgan fingerprint density at radius 1 is 1.11 bits per heavy atom. The van der Waals surface area contributed by atoms with Gasteiger partial charge in [0.15, 0.2) is 6.10 Å². The molecule has 2 aromatic rings. The number of nitrogens with zero attached hydrogens (tertiary/aromatic N) is 1. The zero-order valence-corrected chi connectivity index (χ0v) is 17.1. The fraction of sp³-hybridized carbons (Fsp3) is 0.333. The first-order chi connectivity index (χ1) is 12.7. The molecule has 0 aliphatic rings. The first-order valence-electron chi connectivity index (χ1n) is 8.73. The summed E-state index contributed by atoms with van der Waals surface area (Å²) in [5.74, 6) is 0.0627. The molecule has 0 heterocycles. The number of hydrogen-bond acceptors (Lipinski definition) is 3. The molecule has 0 bridgehead atoms. The van der Waals surface area contributed by atoms with Crippen molar-refractivity contribution in [2.24, 2.45) is 0 Å². The number of anilines is 1. The predicted octanol–water partition coefficient (Wildman–Crippen LogP) is 4.13. The van der Waals surface area contributed by atoms with Crippen LogP contribution < -0.4 is 10.1 Å². The number of rotatable bonds is 6. The summed E-state index contributed by atoms with van der Waals surface area (Å²) < 4.78 is 5.74. The Bertz CT molecular complexity index is 831. The maximum atomic E-state index is 12.5. The van der Waals surface area contributed by atoms with Gasteiger partial charge in [0.1, 0.15) is 5.75 Å². The minimum atomic E-state index is -0.720. The van der Waals surface area contributed by atoms with Crippen molar-refractivity contribution in [3.63, 3.8) is 0 Å². The quantitative estimate of drug-likeness (QED) is 0.809. The van der Waals surface area contributed by atoms with E-state index in [1.165, 1.54) is 4.90 Å². The molecule has 1 atom stereocenters. The van der Waals surface area contributed by atoms with Gasteiger partial charge in [-0.1, -0.05) is 29.8 Å². The number of halogens is 1. The zero-order chi connectivity index (χ0) is 20.1. The maximum absolute atomic E-state index is 12.5. The van der Waals surface area contributed by atoms with Crippen LogP contribution in [0.5, 0.6) is 5.75 Å². The molecule has 0 aliphatic heterocycles. The Kier molecular flexibility index (Phi) is 6.86. The van der Waals surface area contributed by atoms with Gasteiger partial charge in [0, 0.05) is 17.8 Å². The molecule has 0 aliphatic carbocycles. The van der Waals surface area contributed by atoms with Crippen molar-refractivity contribution < 1.29 is 14.3 Å². The summed E-state index contributed by atoms with van der Waals surface area (Å²) in [5, 5.41) is 3.49. The van der Waals surface area contributed by atoms with Gasteiger partial charge in [0.05, 0.1) is 6.54 Å². The molecule has 2 aromatic carbocycles. The molecule has 1 unspecified atom stereocenters. The third-order valence-corrected chi connectivity index (χ3v) is 4.53. The summed E-state index contributed by atoms with van der Waals surface area (Å²) >= 11 is 5.94. The Morgan fingerprint density at radius 3 is 2.33 bits per heavy atom. The van der Waals surface area contributed by atoms with E-state index in [1.807, 2.05) is 39.0 Å². The zero-order valence-electron chi connectivity index (χ0n) is 16.3. The van der Waals surface area contributed by atoms with Gasteiger partial charge in [-0.2, -0.15) is 0 Å². The Labute approximate surface area is 165 Å². The summed E-state index contributed by atoms with van der Waals surface area (Å²) in [6, 6.07) is 11.0. The molecule has 2 amide bonds. The second kappa shape index (κ2) is 8.91. The average Bonchev–Trinajstić information content (AvgIpc) is 2.60. The smallest absolute Gasteiger partial charge is 0.263 e. The van der Waals surface area contributed by atoms with Gasteiger partial charge in [-0.15, -0.1) is 0 Å². The molecule has 5 nitrogen and oxygen atoms in total. The van der Waals surface area contributed by atoms with Crippen LogP contribution in [0.25, 0.3) is 0 Å². The standard InChI is InChI=1S/C21H25ClN2O3/c1-13-7-6-8-14(2)20(13)23-19(25)12-24(5)21(26)16(4)27-18-10-9-17(22)11-15(18)3/h6-11,16H,12H2,1-5H3,(H,23,25). The van der Waals surface area contributed by atoms with Crippen molar-refractivity contribution in [2.45, 2.75) is 33.8 Å². The molecule has 27 heavy (non-hydrogen) atoms. The third kappa shape index (κ3) is 5.47.